The standard InChI is InChI=1S/C16H10Br4N2OS/c17-10-1-3-12(13(19)7-10)16(22-6-5-21-9-22)24(23)15-4-2-11(18)8-14(15)20/h1-9,16H. The van der Waals surface area contributed by atoms with Crippen LogP contribution < -0.4 is 0 Å². The molecule has 0 N–H and O–H groups in total. The molecule has 0 aliphatic heterocycles. The third kappa shape index (κ3) is 3.93. The highest BCUT2D eigenvalue weighted by Gasteiger charge is 2.26. The Morgan fingerprint density at radius 3 is 2.21 bits per heavy atom. The molecule has 0 radical (unpaired) electrons. The highest BCUT2D eigenvalue weighted by Crippen LogP contribution is 2.36. The molecule has 3 aromatic rings. The zero-order valence-electron chi connectivity index (χ0n) is 12.0. The van der Waals surface area contributed by atoms with Crippen molar-refractivity contribution in [2.24, 2.45) is 0 Å². The summed E-state index contributed by atoms with van der Waals surface area (Å²) in [5.41, 5.74) is 0.921. The Hall–Kier alpha value is -0.280. The summed E-state index contributed by atoms with van der Waals surface area (Å²) in [6.45, 7) is 0. The Kier molecular flexibility index (Phi) is 6.13. The molecule has 0 spiro atoms. The zero-order valence-corrected chi connectivity index (χ0v) is 19.2. The van der Waals surface area contributed by atoms with E-state index in [4.69, 9.17) is 0 Å². The van der Waals surface area contributed by atoms with Gasteiger partial charge in [0.15, 0.2) is 0 Å². The van der Waals surface area contributed by atoms with Crippen LogP contribution in [0.2, 0.25) is 0 Å². The number of halogens is 4. The maximum atomic E-state index is 13.4. The second-order valence-electron chi connectivity index (χ2n) is 4.90. The summed E-state index contributed by atoms with van der Waals surface area (Å²) in [6.07, 6.45) is 5.20. The van der Waals surface area contributed by atoms with Gasteiger partial charge in [0.25, 0.3) is 0 Å². The molecule has 2 atom stereocenters. The predicted molar refractivity (Wildman–Crippen MR) is 110 cm³/mol. The third-order valence-corrected chi connectivity index (χ3v) is 7.62. The Bertz CT molecular complexity index is 899. The molecule has 3 rings (SSSR count). The summed E-state index contributed by atoms with van der Waals surface area (Å²) in [5, 5.41) is -0.396. The smallest absolute Gasteiger partial charge is 0.141 e. The molecule has 24 heavy (non-hydrogen) atoms. The van der Waals surface area contributed by atoms with Crippen LogP contribution in [-0.2, 0) is 10.8 Å². The molecule has 0 saturated carbocycles. The lowest BCUT2D eigenvalue weighted by atomic mass is 10.2. The summed E-state index contributed by atoms with van der Waals surface area (Å²) in [5.74, 6) is 0. The number of aromatic nitrogens is 2. The first-order chi connectivity index (χ1) is 11.5. The summed E-state index contributed by atoms with van der Waals surface area (Å²) in [6, 6.07) is 11.5. The van der Waals surface area contributed by atoms with Crippen LogP contribution in [-0.4, -0.2) is 13.8 Å². The van der Waals surface area contributed by atoms with Crippen molar-refractivity contribution >= 4 is 74.5 Å². The van der Waals surface area contributed by atoms with Crippen molar-refractivity contribution in [2.75, 3.05) is 0 Å². The largest absolute Gasteiger partial charge is 0.318 e. The van der Waals surface area contributed by atoms with Crippen molar-refractivity contribution in [2.45, 2.75) is 10.3 Å². The van der Waals surface area contributed by atoms with Gasteiger partial charge in [0, 0.05) is 35.8 Å². The fourth-order valence-electron chi connectivity index (χ4n) is 2.26. The van der Waals surface area contributed by atoms with Gasteiger partial charge in [-0.25, -0.2) is 4.98 Å². The van der Waals surface area contributed by atoms with Gasteiger partial charge in [-0.2, -0.15) is 0 Å². The molecular formula is C16H10Br4N2OS. The van der Waals surface area contributed by atoms with Crippen LogP contribution in [0.15, 0.2) is 77.9 Å². The summed E-state index contributed by atoms with van der Waals surface area (Å²) >= 11 is 14.0. The first kappa shape index (κ1) is 18.5. The summed E-state index contributed by atoms with van der Waals surface area (Å²) in [4.78, 5) is 4.84. The van der Waals surface area contributed by atoms with E-state index in [0.29, 0.717) is 0 Å². The molecule has 1 aromatic heterocycles. The monoisotopic (exact) mass is 594 g/mol. The number of imidazole rings is 1. The van der Waals surface area contributed by atoms with Crippen molar-refractivity contribution in [3.8, 4) is 0 Å². The van der Waals surface area contributed by atoms with Crippen LogP contribution in [0.25, 0.3) is 0 Å². The van der Waals surface area contributed by atoms with E-state index in [-0.39, 0.29) is 0 Å². The third-order valence-electron chi connectivity index (χ3n) is 3.34. The van der Waals surface area contributed by atoms with Crippen molar-refractivity contribution < 1.29 is 4.21 Å². The van der Waals surface area contributed by atoms with Gasteiger partial charge >= 0.3 is 0 Å². The van der Waals surface area contributed by atoms with Crippen LogP contribution in [0, 0.1) is 0 Å². The minimum Gasteiger partial charge on any atom is -0.318 e. The molecule has 2 aromatic carbocycles. The van der Waals surface area contributed by atoms with Crippen LogP contribution in [0.1, 0.15) is 10.9 Å². The second kappa shape index (κ2) is 7.95. The number of benzene rings is 2. The van der Waals surface area contributed by atoms with Gasteiger partial charge in [0.05, 0.1) is 22.0 Å². The molecule has 1 heterocycles. The van der Waals surface area contributed by atoms with Crippen LogP contribution >= 0.6 is 63.7 Å². The van der Waals surface area contributed by atoms with E-state index in [2.05, 4.69) is 68.7 Å². The predicted octanol–water partition coefficient (Wildman–Crippen LogP) is 6.29. The van der Waals surface area contributed by atoms with Gasteiger partial charge < -0.3 is 4.57 Å². The molecule has 0 saturated heterocycles. The van der Waals surface area contributed by atoms with Crippen molar-refractivity contribution in [1.29, 1.82) is 0 Å². The molecule has 0 aliphatic carbocycles. The second-order valence-corrected chi connectivity index (χ2v) is 9.92. The van der Waals surface area contributed by atoms with Gasteiger partial charge in [0.2, 0.25) is 0 Å². The number of rotatable bonds is 4. The van der Waals surface area contributed by atoms with Gasteiger partial charge in [-0.05, 0) is 46.3 Å². The Morgan fingerprint density at radius 1 is 0.958 bits per heavy atom. The Balaban J connectivity index is 2.13. The minimum atomic E-state index is -1.33. The average Bonchev–Trinajstić information content (AvgIpc) is 3.03. The van der Waals surface area contributed by atoms with E-state index in [1.54, 1.807) is 12.5 Å². The summed E-state index contributed by atoms with van der Waals surface area (Å²) < 4.78 is 18.8. The minimum absolute atomic E-state index is 0.396. The van der Waals surface area contributed by atoms with E-state index in [0.717, 1.165) is 28.3 Å². The van der Waals surface area contributed by atoms with Crippen molar-refractivity contribution in [3.63, 3.8) is 0 Å². The van der Waals surface area contributed by atoms with Gasteiger partial charge in [-0.3, -0.25) is 4.21 Å². The fourth-order valence-corrected chi connectivity index (χ4v) is 6.67. The van der Waals surface area contributed by atoms with E-state index >= 15 is 0 Å². The highest BCUT2D eigenvalue weighted by atomic mass is 79.9. The number of nitrogens with zero attached hydrogens (tertiary/aromatic N) is 2. The average molecular weight is 598 g/mol. The zero-order chi connectivity index (χ0) is 17.3. The molecular weight excluding hydrogens is 588 g/mol. The van der Waals surface area contributed by atoms with Crippen LogP contribution in [0.4, 0.5) is 0 Å². The molecule has 124 valence electrons. The molecule has 0 amide bonds. The van der Waals surface area contributed by atoms with Crippen molar-refractivity contribution in [1.82, 2.24) is 9.55 Å². The van der Waals surface area contributed by atoms with Gasteiger partial charge in [-0.15, -0.1) is 0 Å². The first-order valence-corrected chi connectivity index (χ1v) is 11.1. The van der Waals surface area contributed by atoms with Gasteiger partial charge in [-0.1, -0.05) is 53.9 Å². The molecule has 0 aliphatic rings. The normalized spacial score (nSPS) is 13.7. The maximum absolute atomic E-state index is 13.4. The molecule has 0 bridgehead atoms. The molecule has 8 heteroatoms. The SMILES string of the molecule is O=S(c1ccc(Br)cc1Br)C(c1ccc(Br)cc1Br)n1ccnc1. The first-order valence-electron chi connectivity index (χ1n) is 6.75. The van der Waals surface area contributed by atoms with E-state index in [1.807, 2.05) is 47.2 Å². The van der Waals surface area contributed by atoms with E-state index < -0.39 is 16.2 Å². The summed E-state index contributed by atoms with van der Waals surface area (Å²) in [7, 11) is -1.33. The topological polar surface area (TPSA) is 34.9 Å². The van der Waals surface area contributed by atoms with E-state index in [1.165, 1.54) is 0 Å². The molecule has 0 fully saturated rings. The van der Waals surface area contributed by atoms with Crippen LogP contribution in [0.5, 0.6) is 0 Å². The van der Waals surface area contributed by atoms with E-state index in [9.17, 15) is 4.21 Å². The lowest BCUT2D eigenvalue weighted by Gasteiger charge is -2.21. The highest BCUT2D eigenvalue weighted by molar-refractivity contribution is 9.11. The number of hydrogen-bond donors (Lipinski definition) is 0. The number of hydrogen-bond acceptors (Lipinski definition) is 2. The van der Waals surface area contributed by atoms with Gasteiger partial charge in [0.1, 0.15) is 5.37 Å². The fraction of sp³-hybridized carbons (Fsp3) is 0.0625. The molecule has 3 nitrogen and oxygen atoms in total. The van der Waals surface area contributed by atoms with Crippen molar-refractivity contribution in [3.05, 3.63) is 78.6 Å². The lowest BCUT2D eigenvalue weighted by molar-refractivity contribution is 0.652. The lowest BCUT2D eigenvalue weighted by Crippen LogP contribution is -2.16. The Morgan fingerprint density at radius 2 is 1.62 bits per heavy atom. The maximum Gasteiger partial charge on any atom is 0.141 e. The van der Waals surface area contributed by atoms with Crippen LogP contribution in [0.3, 0.4) is 0 Å². The quantitative estimate of drug-likeness (QED) is 0.355. The Labute approximate surface area is 175 Å². The molecule has 2 unspecified atom stereocenters.